The van der Waals surface area contributed by atoms with E-state index in [4.69, 9.17) is 4.42 Å². The number of aromatic nitrogens is 2. The van der Waals surface area contributed by atoms with Crippen molar-refractivity contribution in [2.45, 2.75) is 38.3 Å². The van der Waals surface area contributed by atoms with Gasteiger partial charge in [-0.1, -0.05) is 31.0 Å². The predicted octanol–water partition coefficient (Wildman–Crippen LogP) is 1.12. The molecule has 1 aliphatic carbocycles. The van der Waals surface area contributed by atoms with E-state index in [2.05, 4.69) is 15.5 Å². The number of benzene rings is 1. The summed E-state index contributed by atoms with van der Waals surface area (Å²) in [6, 6.07) is 10.5. The molecule has 6 heteroatoms. The topological polar surface area (TPSA) is 114 Å². The van der Waals surface area contributed by atoms with Crippen molar-refractivity contribution >= 4 is 0 Å². The van der Waals surface area contributed by atoms with Gasteiger partial charge in [0.25, 0.3) is 0 Å². The summed E-state index contributed by atoms with van der Waals surface area (Å²) in [5.74, 6) is 1.26. The van der Waals surface area contributed by atoms with E-state index in [9.17, 15) is 0 Å². The first-order valence-electron chi connectivity index (χ1n) is 6.53. The van der Waals surface area contributed by atoms with Gasteiger partial charge in [0.1, 0.15) is 0 Å². The number of rotatable bonds is 4. The van der Waals surface area contributed by atoms with E-state index in [0.29, 0.717) is 24.4 Å². The Labute approximate surface area is 117 Å². The van der Waals surface area contributed by atoms with Gasteiger partial charge in [-0.15, -0.1) is 10.2 Å². The maximum atomic E-state index is 5.64. The van der Waals surface area contributed by atoms with Crippen molar-refractivity contribution in [2.24, 2.45) is 0 Å². The van der Waals surface area contributed by atoms with Crippen molar-refractivity contribution in [1.29, 1.82) is 0 Å². The zero-order valence-corrected chi connectivity index (χ0v) is 11.3. The molecule has 2 aromatic rings. The smallest absolute Gasteiger partial charge is 0.247 e. The van der Waals surface area contributed by atoms with Crippen LogP contribution in [0.5, 0.6) is 0 Å². The van der Waals surface area contributed by atoms with Crippen molar-refractivity contribution in [3.63, 3.8) is 0 Å². The minimum atomic E-state index is 0. The van der Waals surface area contributed by atoms with Crippen LogP contribution >= 0.6 is 0 Å². The Morgan fingerprint density at radius 2 is 1.75 bits per heavy atom. The molecule has 0 saturated heterocycles. The Morgan fingerprint density at radius 1 is 1.05 bits per heavy atom. The van der Waals surface area contributed by atoms with Gasteiger partial charge in [-0.2, -0.15) is 0 Å². The molecule has 1 saturated carbocycles. The average Bonchev–Trinajstić information content (AvgIpc) is 3.09. The lowest BCUT2D eigenvalue weighted by atomic mass is 10.2. The Hall–Kier alpha value is -1.76. The van der Waals surface area contributed by atoms with Gasteiger partial charge in [0.15, 0.2) is 0 Å². The molecule has 5 N–H and O–H groups in total. The largest absolute Gasteiger partial charge is 0.419 e. The molecule has 1 fully saturated rings. The Kier molecular flexibility index (Phi) is 6.30. The highest BCUT2D eigenvalue weighted by Crippen LogP contribution is 2.19. The maximum absolute atomic E-state index is 5.64. The first-order valence-corrected chi connectivity index (χ1v) is 6.53. The summed E-state index contributed by atoms with van der Waals surface area (Å²) in [5, 5.41) is 11.6. The van der Waals surface area contributed by atoms with Crippen LogP contribution in [0.15, 0.2) is 34.7 Å². The van der Waals surface area contributed by atoms with Crippen LogP contribution < -0.4 is 5.32 Å². The van der Waals surface area contributed by atoms with Crippen molar-refractivity contribution in [2.75, 3.05) is 0 Å². The monoisotopic (exact) mass is 279 g/mol. The number of hydrogen-bond donors (Lipinski definition) is 1. The molecule has 0 amide bonds. The molecule has 1 aromatic heterocycles. The highest BCUT2D eigenvalue weighted by Gasteiger charge is 2.15. The minimum absolute atomic E-state index is 0. The van der Waals surface area contributed by atoms with E-state index in [0.717, 1.165) is 5.56 Å². The molecule has 0 spiro atoms. The summed E-state index contributed by atoms with van der Waals surface area (Å²) in [5.41, 5.74) is 0.970. The third-order valence-electron chi connectivity index (χ3n) is 3.38. The highest BCUT2D eigenvalue weighted by atomic mass is 16.4. The van der Waals surface area contributed by atoms with E-state index < -0.39 is 0 Å². The van der Waals surface area contributed by atoms with E-state index >= 15 is 0 Å². The van der Waals surface area contributed by atoms with E-state index in [1.165, 1.54) is 25.7 Å². The van der Waals surface area contributed by atoms with Crippen LogP contribution in [0, 0.1) is 0 Å². The van der Waals surface area contributed by atoms with Gasteiger partial charge < -0.3 is 20.7 Å². The molecule has 6 nitrogen and oxygen atoms in total. The van der Waals surface area contributed by atoms with Gasteiger partial charge in [-0.3, -0.25) is 0 Å². The normalized spacial score (nSPS) is 14.6. The highest BCUT2D eigenvalue weighted by molar-refractivity contribution is 5.51. The molecule has 0 unspecified atom stereocenters. The molecular formula is C14H21N3O3. The van der Waals surface area contributed by atoms with Crippen LogP contribution in [0.1, 0.15) is 31.6 Å². The molecule has 0 bridgehead atoms. The number of nitrogens with one attached hydrogen (secondary N) is 1. The molecule has 0 aliphatic heterocycles. The van der Waals surface area contributed by atoms with E-state index in [1.54, 1.807) is 0 Å². The van der Waals surface area contributed by atoms with Crippen LogP contribution in [-0.2, 0) is 6.54 Å². The Balaban J connectivity index is 0.000001000. The average molecular weight is 279 g/mol. The maximum Gasteiger partial charge on any atom is 0.247 e. The van der Waals surface area contributed by atoms with Crippen LogP contribution in [0.25, 0.3) is 11.5 Å². The van der Waals surface area contributed by atoms with Gasteiger partial charge >= 0.3 is 0 Å². The molecule has 110 valence electrons. The third-order valence-corrected chi connectivity index (χ3v) is 3.38. The van der Waals surface area contributed by atoms with Gasteiger partial charge in [0, 0.05) is 11.6 Å². The Bertz CT molecular complexity index is 495. The van der Waals surface area contributed by atoms with Crippen LogP contribution in [0.3, 0.4) is 0 Å². The second kappa shape index (κ2) is 7.74. The number of nitrogens with zero attached hydrogens (tertiary/aromatic N) is 2. The lowest BCUT2D eigenvalue weighted by Crippen LogP contribution is -2.25. The van der Waals surface area contributed by atoms with Crippen LogP contribution in [0.4, 0.5) is 0 Å². The molecule has 20 heavy (non-hydrogen) atoms. The lowest BCUT2D eigenvalue weighted by Gasteiger charge is -2.08. The Morgan fingerprint density at radius 3 is 2.45 bits per heavy atom. The van der Waals surface area contributed by atoms with Gasteiger partial charge in [-0.05, 0) is 25.0 Å². The SMILES string of the molecule is O.O.c1ccc(-c2nnc(CNC3CCCC3)o2)cc1. The zero-order valence-electron chi connectivity index (χ0n) is 11.3. The molecule has 0 atom stereocenters. The first kappa shape index (κ1) is 16.3. The fourth-order valence-corrected chi connectivity index (χ4v) is 2.38. The molecule has 1 heterocycles. The summed E-state index contributed by atoms with van der Waals surface area (Å²) < 4.78 is 5.64. The van der Waals surface area contributed by atoms with Crippen LogP contribution in [0.2, 0.25) is 0 Å². The van der Waals surface area contributed by atoms with Crippen molar-refractivity contribution in [3.05, 3.63) is 36.2 Å². The first-order chi connectivity index (χ1) is 8.92. The zero-order chi connectivity index (χ0) is 12.2. The second-order valence-electron chi connectivity index (χ2n) is 4.73. The van der Waals surface area contributed by atoms with E-state index in [1.807, 2.05) is 30.3 Å². The summed E-state index contributed by atoms with van der Waals surface area (Å²) in [6.07, 6.45) is 5.19. The lowest BCUT2D eigenvalue weighted by molar-refractivity contribution is 0.440. The van der Waals surface area contributed by atoms with Gasteiger partial charge in [0.05, 0.1) is 6.54 Å². The van der Waals surface area contributed by atoms with Crippen molar-refractivity contribution in [1.82, 2.24) is 15.5 Å². The van der Waals surface area contributed by atoms with Gasteiger partial charge in [0.2, 0.25) is 11.8 Å². The molecule has 1 aromatic carbocycles. The standard InChI is InChI=1S/C14H17N3O.2H2O/c1-2-6-11(7-3-1)14-17-16-13(18-14)10-15-12-8-4-5-9-12;;/h1-3,6-7,12,15H,4-5,8-10H2;2*1H2. The van der Waals surface area contributed by atoms with Gasteiger partial charge in [-0.25, -0.2) is 0 Å². The molecule has 0 radical (unpaired) electrons. The summed E-state index contributed by atoms with van der Waals surface area (Å²) in [4.78, 5) is 0. The van der Waals surface area contributed by atoms with E-state index in [-0.39, 0.29) is 11.0 Å². The molecular weight excluding hydrogens is 258 g/mol. The molecule has 1 aliphatic rings. The second-order valence-corrected chi connectivity index (χ2v) is 4.73. The third kappa shape index (κ3) is 3.86. The minimum Gasteiger partial charge on any atom is -0.419 e. The fraction of sp³-hybridized carbons (Fsp3) is 0.429. The molecule has 3 rings (SSSR count). The predicted molar refractivity (Wildman–Crippen MR) is 76.1 cm³/mol. The van der Waals surface area contributed by atoms with Crippen molar-refractivity contribution in [3.8, 4) is 11.5 Å². The van der Waals surface area contributed by atoms with Crippen LogP contribution in [-0.4, -0.2) is 27.2 Å². The van der Waals surface area contributed by atoms with Crippen molar-refractivity contribution < 1.29 is 15.4 Å². The summed E-state index contributed by atoms with van der Waals surface area (Å²) >= 11 is 0. The number of hydrogen-bond acceptors (Lipinski definition) is 4. The fourth-order valence-electron chi connectivity index (χ4n) is 2.38. The quantitative estimate of drug-likeness (QED) is 0.902. The summed E-state index contributed by atoms with van der Waals surface area (Å²) in [7, 11) is 0. The summed E-state index contributed by atoms with van der Waals surface area (Å²) in [6.45, 7) is 0.671.